The second kappa shape index (κ2) is 8.88. The maximum atomic E-state index is 12.1. The monoisotopic (exact) mass is 445 g/mol. The Morgan fingerprint density at radius 2 is 1.93 bits per heavy atom. The molecule has 0 aliphatic carbocycles. The number of anilines is 1. The van der Waals surface area contributed by atoms with Gasteiger partial charge in [0, 0.05) is 34.3 Å². The van der Waals surface area contributed by atoms with Gasteiger partial charge in [-0.1, -0.05) is 6.07 Å². The first kappa shape index (κ1) is 19.2. The zero-order chi connectivity index (χ0) is 19.2. The minimum Gasteiger partial charge on any atom is -0.347 e. The number of hydrogen-bond donors (Lipinski definition) is 2. The van der Waals surface area contributed by atoms with Gasteiger partial charge in [0.15, 0.2) is 5.78 Å². The molecule has 3 rings (SSSR count). The maximum Gasteiger partial charge on any atom is 0.243 e. The van der Waals surface area contributed by atoms with Gasteiger partial charge in [-0.3, -0.25) is 19.4 Å². The molecule has 0 spiro atoms. The van der Waals surface area contributed by atoms with Gasteiger partial charge < -0.3 is 10.6 Å². The van der Waals surface area contributed by atoms with E-state index in [-0.39, 0.29) is 37.0 Å². The number of carbonyl (C=O) groups excluding carboxylic acids is 3. The molecule has 0 aliphatic rings. The van der Waals surface area contributed by atoms with E-state index in [1.807, 2.05) is 17.5 Å². The highest BCUT2D eigenvalue weighted by Gasteiger charge is 2.12. The molecule has 0 aliphatic heterocycles. The summed E-state index contributed by atoms with van der Waals surface area (Å²) in [6.45, 7) is -0.159. The van der Waals surface area contributed by atoms with E-state index in [4.69, 9.17) is 0 Å². The van der Waals surface area contributed by atoms with Gasteiger partial charge in [0.25, 0.3) is 0 Å². The van der Waals surface area contributed by atoms with Crippen LogP contribution in [-0.4, -0.2) is 29.1 Å². The first-order chi connectivity index (χ1) is 13.0. The fourth-order valence-corrected chi connectivity index (χ4v) is 3.88. The number of nitrogens with one attached hydrogen (secondary N) is 2. The molecule has 2 amide bonds. The summed E-state index contributed by atoms with van der Waals surface area (Å²) in [5.41, 5.74) is 1.41. The summed E-state index contributed by atoms with van der Waals surface area (Å²) in [5, 5.41) is 7.95. The fourth-order valence-electron chi connectivity index (χ4n) is 2.48. The average Bonchev–Trinajstić information content (AvgIpc) is 3.11. The Morgan fingerprint density at radius 3 is 2.70 bits per heavy atom. The topological polar surface area (TPSA) is 88.2 Å². The molecule has 0 saturated heterocycles. The summed E-state index contributed by atoms with van der Waals surface area (Å²) in [6.07, 6.45) is 1.83. The van der Waals surface area contributed by atoms with E-state index in [2.05, 4.69) is 31.5 Å². The van der Waals surface area contributed by atoms with Crippen molar-refractivity contribution in [3.05, 3.63) is 57.3 Å². The van der Waals surface area contributed by atoms with E-state index >= 15 is 0 Å². The molecule has 2 aromatic heterocycles. The third kappa shape index (κ3) is 5.21. The van der Waals surface area contributed by atoms with Crippen LogP contribution in [0.15, 0.2) is 52.4 Å². The smallest absolute Gasteiger partial charge is 0.243 e. The minimum absolute atomic E-state index is 0.0415. The number of benzene rings is 1. The molecule has 8 heteroatoms. The van der Waals surface area contributed by atoms with E-state index < -0.39 is 0 Å². The lowest BCUT2D eigenvalue weighted by atomic mass is 10.2. The molecule has 138 valence electrons. The van der Waals surface area contributed by atoms with E-state index in [1.54, 1.807) is 30.5 Å². The van der Waals surface area contributed by atoms with Crippen molar-refractivity contribution in [3.63, 3.8) is 0 Å². The van der Waals surface area contributed by atoms with E-state index in [9.17, 15) is 14.4 Å². The number of rotatable bonds is 7. The molecular formula is C19H16BrN3O3S. The third-order valence-electron chi connectivity index (χ3n) is 3.79. The highest BCUT2D eigenvalue weighted by atomic mass is 79.9. The molecule has 27 heavy (non-hydrogen) atoms. The lowest BCUT2D eigenvalue weighted by molar-refractivity contribution is -0.124. The first-order valence-electron chi connectivity index (χ1n) is 8.20. The van der Waals surface area contributed by atoms with Gasteiger partial charge in [0.2, 0.25) is 11.8 Å². The number of ketones is 1. The fraction of sp³-hybridized carbons (Fsp3) is 0.158. The Morgan fingerprint density at radius 1 is 1.07 bits per heavy atom. The van der Waals surface area contributed by atoms with Gasteiger partial charge in [0.05, 0.1) is 22.6 Å². The van der Waals surface area contributed by atoms with E-state index in [0.717, 1.165) is 15.4 Å². The lowest BCUT2D eigenvalue weighted by Gasteiger charge is -2.09. The first-order valence-corrected chi connectivity index (χ1v) is 9.88. The molecule has 6 nitrogen and oxygen atoms in total. The van der Waals surface area contributed by atoms with Crippen LogP contribution in [0.1, 0.15) is 22.5 Å². The normalized spacial score (nSPS) is 10.6. The molecule has 1 aromatic carbocycles. The summed E-state index contributed by atoms with van der Waals surface area (Å²) in [6, 6.07) is 10.8. The Balaban J connectivity index is 1.47. The summed E-state index contributed by atoms with van der Waals surface area (Å²) in [5.74, 6) is -0.768. The van der Waals surface area contributed by atoms with Crippen LogP contribution in [0, 0.1) is 0 Å². The van der Waals surface area contributed by atoms with Gasteiger partial charge in [-0.25, -0.2) is 0 Å². The van der Waals surface area contributed by atoms with Crippen LogP contribution in [0.2, 0.25) is 0 Å². The predicted molar refractivity (Wildman–Crippen MR) is 109 cm³/mol. The molecule has 0 bridgehead atoms. The Bertz CT molecular complexity index is 997. The van der Waals surface area contributed by atoms with Crippen molar-refractivity contribution < 1.29 is 14.4 Å². The maximum absolute atomic E-state index is 12.1. The predicted octanol–water partition coefficient (Wildman–Crippen LogP) is 3.78. The number of fused-ring (bicyclic) bond motifs is 1. The number of hydrogen-bond acceptors (Lipinski definition) is 5. The summed E-state index contributed by atoms with van der Waals surface area (Å²) < 4.78 is 0.848. The van der Waals surface area contributed by atoms with Gasteiger partial charge in [0.1, 0.15) is 0 Å². The van der Waals surface area contributed by atoms with Crippen molar-refractivity contribution in [2.24, 2.45) is 0 Å². The second-order valence-electron chi connectivity index (χ2n) is 5.75. The zero-order valence-electron chi connectivity index (χ0n) is 14.2. The Kier molecular flexibility index (Phi) is 6.31. The summed E-state index contributed by atoms with van der Waals surface area (Å²) in [4.78, 5) is 40.8. The van der Waals surface area contributed by atoms with Gasteiger partial charge in [-0.05, 0) is 46.3 Å². The Hall–Kier alpha value is -2.58. The number of thiophene rings is 1. The van der Waals surface area contributed by atoms with Crippen molar-refractivity contribution >= 4 is 61.5 Å². The van der Waals surface area contributed by atoms with E-state index in [1.165, 1.54) is 11.3 Å². The van der Waals surface area contributed by atoms with Gasteiger partial charge >= 0.3 is 0 Å². The quantitative estimate of drug-likeness (QED) is 0.541. The van der Waals surface area contributed by atoms with Crippen LogP contribution in [0.25, 0.3) is 10.9 Å². The number of pyridine rings is 1. The average molecular weight is 446 g/mol. The van der Waals surface area contributed by atoms with Crippen LogP contribution in [0.3, 0.4) is 0 Å². The molecule has 2 N–H and O–H groups in total. The van der Waals surface area contributed by atoms with Crippen LogP contribution in [0.4, 0.5) is 5.69 Å². The van der Waals surface area contributed by atoms with Crippen LogP contribution >= 0.6 is 27.3 Å². The van der Waals surface area contributed by atoms with Crippen LogP contribution in [-0.2, 0) is 9.59 Å². The molecular weight excluding hydrogens is 430 g/mol. The highest BCUT2D eigenvalue weighted by molar-refractivity contribution is 9.10. The molecule has 0 unspecified atom stereocenters. The molecule has 0 radical (unpaired) electrons. The third-order valence-corrected chi connectivity index (χ3v) is 5.52. The largest absolute Gasteiger partial charge is 0.347 e. The number of amides is 2. The molecule has 0 fully saturated rings. The van der Waals surface area contributed by atoms with Gasteiger partial charge in [-0.2, -0.15) is 0 Å². The van der Waals surface area contributed by atoms with E-state index in [0.29, 0.717) is 10.6 Å². The number of halogens is 1. The number of nitrogens with zero attached hydrogens (tertiary/aromatic N) is 1. The molecule has 2 heterocycles. The SMILES string of the molecule is O=C(CCC(=O)c1cc(Br)cs1)NCC(=O)Nc1cccc2ncccc12. The number of carbonyl (C=O) groups is 3. The molecule has 3 aromatic rings. The van der Waals surface area contributed by atoms with Crippen molar-refractivity contribution in [2.75, 3.05) is 11.9 Å². The number of aromatic nitrogens is 1. The summed E-state index contributed by atoms with van der Waals surface area (Å²) >= 11 is 4.63. The molecule has 0 saturated carbocycles. The van der Waals surface area contributed by atoms with Crippen LogP contribution < -0.4 is 10.6 Å². The number of Topliss-reactive ketones (excluding diaryl/α,β-unsaturated/α-hetero) is 1. The minimum atomic E-state index is -0.340. The Labute approximate surface area is 168 Å². The van der Waals surface area contributed by atoms with Crippen molar-refractivity contribution in [1.29, 1.82) is 0 Å². The van der Waals surface area contributed by atoms with Crippen molar-refractivity contribution in [2.45, 2.75) is 12.8 Å². The van der Waals surface area contributed by atoms with Gasteiger partial charge in [-0.15, -0.1) is 11.3 Å². The van der Waals surface area contributed by atoms with Crippen LogP contribution in [0.5, 0.6) is 0 Å². The summed E-state index contributed by atoms with van der Waals surface area (Å²) in [7, 11) is 0. The zero-order valence-corrected chi connectivity index (χ0v) is 16.6. The second-order valence-corrected chi connectivity index (χ2v) is 7.58. The standard InChI is InChI=1S/C19H16BrN3O3S/c20-12-9-17(27-11-12)16(24)6-7-18(25)22-10-19(26)23-15-5-1-4-14-13(15)3-2-8-21-14/h1-5,8-9,11H,6-7,10H2,(H,22,25)(H,23,26). The lowest BCUT2D eigenvalue weighted by Crippen LogP contribution is -2.33. The molecule has 0 atom stereocenters. The van der Waals surface area contributed by atoms with Crippen molar-refractivity contribution in [1.82, 2.24) is 10.3 Å². The highest BCUT2D eigenvalue weighted by Crippen LogP contribution is 2.22. The van der Waals surface area contributed by atoms with Crippen molar-refractivity contribution in [3.8, 4) is 0 Å².